The minimum Gasteiger partial charge on any atom is -0.497 e. The fourth-order valence-corrected chi connectivity index (χ4v) is 2.80. The van der Waals surface area contributed by atoms with E-state index in [9.17, 15) is 14.4 Å². The van der Waals surface area contributed by atoms with Gasteiger partial charge >= 0.3 is 0 Å². The van der Waals surface area contributed by atoms with Crippen molar-refractivity contribution in [1.29, 1.82) is 0 Å². The Morgan fingerprint density at radius 1 is 0.700 bits per heavy atom. The minimum absolute atomic E-state index is 0.0729. The number of hydrogen-bond donors (Lipinski definition) is 2. The van der Waals surface area contributed by atoms with Crippen LogP contribution in [-0.4, -0.2) is 24.7 Å². The summed E-state index contributed by atoms with van der Waals surface area (Å²) in [6, 6.07) is 22.5. The van der Waals surface area contributed by atoms with E-state index in [0.29, 0.717) is 28.3 Å². The average Bonchev–Trinajstić information content (AvgIpc) is 2.79. The van der Waals surface area contributed by atoms with Crippen molar-refractivity contribution in [3.05, 3.63) is 90.0 Å². The molecule has 0 aromatic heterocycles. The van der Waals surface area contributed by atoms with Gasteiger partial charge in [-0.2, -0.15) is 0 Å². The highest BCUT2D eigenvalue weighted by atomic mass is 16.5. The van der Waals surface area contributed by atoms with E-state index in [4.69, 9.17) is 4.74 Å². The summed E-state index contributed by atoms with van der Waals surface area (Å²) >= 11 is 0. The second-order valence-corrected chi connectivity index (χ2v) is 6.60. The number of Topliss-reactive ketones (excluding diaryl/α,β-unsaturated/α-hetero) is 1. The van der Waals surface area contributed by atoms with Crippen LogP contribution in [0.4, 0.5) is 11.4 Å². The topological polar surface area (TPSA) is 84.5 Å². The van der Waals surface area contributed by atoms with Crippen molar-refractivity contribution in [2.75, 3.05) is 17.7 Å². The molecule has 6 nitrogen and oxygen atoms in total. The van der Waals surface area contributed by atoms with Crippen LogP contribution in [0, 0.1) is 0 Å². The number of rotatable bonds is 8. The van der Waals surface area contributed by atoms with E-state index < -0.39 is 0 Å². The molecule has 0 aliphatic carbocycles. The summed E-state index contributed by atoms with van der Waals surface area (Å²) in [5.74, 6) is 0.121. The molecular formula is C24H22N2O4. The molecule has 3 aromatic carbocycles. The van der Waals surface area contributed by atoms with Crippen LogP contribution < -0.4 is 15.4 Å². The van der Waals surface area contributed by atoms with E-state index in [1.807, 2.05) is 6.07 Å². The number of methoxy groups -OCH3 is 1. The maximum absolute atomic E-state index is 12.3. The van der Waals surface area contributed by atoms with Gasteiger partial charge in [0.05, 0.1) is 7.11 Å². The van der Waals surface area contributed by atoms with Gasteiger partial charge in [-0.15, -0.1) is 0 Å². The van der Waals surface area contributed by atoms with Crippen molar-refractivity contribution in [3.8, 4) is 5.75 Å². The highest BCUT2D eigenvalue weighted by molar-refractivity contribution is 6.05. The van der Waals surface area contributed by atoms with Crippen molar-refractivity contribution in [1.82, 2.24) is 0 Å². The van der Waals surface area contributed by atoms with Gasteiger partial charge < -0.3 is 15.4 Å². The van der Waals surface area contributed by atoms with Crippen LogP contribution in [0.25, 0.3) is 0 Å². The summed E-state index contributed by atoms with van der Waals surface area (Å²) < 4.78 is 5.09. The van der Waals surface area contributed by atoms with Crippen LogP contribution in [0.1, 0.15) is 33.6 Å². The summed E-state index contributed by atoms with van der Waals surface area (Å²) in [5.41, 5.74) is 2.27. The molecule has 3 rings (SSSR count). The Morgan fingerprint density at radius 2 is 1.30 bits per heavy atom. The molecule has 0 fully saturated rings. The summed E-state index contributed by atoms with van der Waals surface area (Å²) in [4.78, 5) is 36.5. The predicted molar refractivity (Wildman–Crippen MR) is 116 cm³/mol. The van der Waals surface area contributed by atoms with Crippen LogP contribution in [0.15, 0.2) is 78.9 Å². The van der Waals surface area contributed by atoms with E-state index >= 15 is 0 Å². The molecule has 0 saturated carbocycles. The number of carbonyl (C=O) groups excluding carboxylic acids is 3. The third-order valence-corrected chi connectivity index (χ3v) is 4.45. The van der Waals surface area contributed by atoms with Crippen molar-refractivity contribution in [2.45, 2.75) is 12.8 Å². The summed E-state index contributed by atoms with van der Waals surface area (Å²) in [5, 5.41) is 5.54. The second kappa shape index (κ2) is 10.0. The molecule has 6 heteroatoms. The van der Waals surface area contributed by atoms with Crippen molar-refractivity contribution in [2.24, 2.45) is 0 Å². The molecular weight excluding hydrogens is 380 g/mol. The Labute approximate surface area is 174 Å². The van der Waals surface area contributed by atoms with Crippen molar-refractivity contribution >= 4 is 29.0 Å². The van der Waals surface area contributed by atoms with Gasteiger partial charge in [0.1, 0.15) is 5.75 Å². The van der Waals surface area contributed by atoms with Gasteiger partial charge in [0.2, 0.25) is 5.91 Å². The first-order valence-corrected chi connectivity index (χ1v) is 9.49. The Balaban J connectivity index is 1.50. The predicted octanol–water partition coefficient (Wildman–Crippen LogP) is 4.55. The third-order valence-electron chi connectivity index (χ3n) is 4.45. The molecule has 0 bridgehead atoms. The number of ether oxygens (including phenoxy) is 1. The Kier molecular flexibility index (Phi) is 6.95. The van der Waals surface area contributed by atoms with Gasteiger partial charge in [0, 0.05) is 35.3 Å². The largest absolute Gasteiger partial charge is 0.497 e. The van der Waals surface area contributed by atoms with Crippen LogP contribution in [-0.2, 0) is 4.79 Å². The van der Waals surface area contributed by atoms with Gasteiger partial charge in [0.25, 0.3) is 5.91 Å². The highest BCUT2D eigenvalue weighted by Crippen LogP contribution is 2.17. The minimum atomic E-state index is -0.258. The van der Waals surface area contributed by atoms with E-state index in [1.54, 1.807) is 79.9 Å². The SMILES string of the molecule is COc1ccc(NC(=O)c2ccc(NC(=O)CCC(=O)c3ccccc3)cc2)cc1. The van der Waals surface area contributed by atoms with Gasteiger partial charge in [-0.3, -0.25) is 14.4 Å². The summed E-state index contributed by atoms with van der Waals surface area (Å²) in [6.45, 7) is 0. The van der Waals surface area contributed by atoms with Gasteiger partial charge in [-0.25, -0.2) is 0 Å². The lowest BCUT2D eigenvalue weighted by molar-refractivity contribution is -0.116. The van der Waals surface area contributed by atoms with E-state index in [0.717, 1.165) is 0 Å². The molecule has 0 radical (unpaired) electrons. The number of nitrogens with one attached hydrogen (secondary N) is 2. The third kappa shape index (κ3) is 5.78. The summed E-state index contributed by atoms with van der Waals surface area (Å²) in [6.07, 6.45) is 0.228. The first-order chi connectivity index (χ1) is 14.5. The number of benzene rings is 3. The summed E-state index contributed by atoms with van der Waals surface area (Å²) in [7, 11) is 1.58. The second-order valence-electron chi connectivity index (χ2n) is 6.60. The van der Waals surface area contributed by atoms with Crippen LogP contribution >= 0.6 is 0 Å². The zero-order chi connectivity index (χ0) is 21.3. The molecule has 0 spiro atoms. The quantitative estimate of drug-likeness (QED) is 0.542. The van der Waals surface area contributed by atoms with Crippen LogP contribution in [0.5, 0.6) is 5.75 Å². The molecule has 0 atom stereocenters. The number of hydrogen-bond acceptors (Lipinski definition) is 4. The lowest BCUT2D eigenvalue weighted by Crippen LogP contribution is -2.14. The normalized spacial score (nSPS) is 10.2. The monoisotopic (exact) mass is 402 g/mol. The molecule has 152 valence electrons. The Morgan fingerprint density at radius 3 is 1.93 bits per heavy atom. The number of carbonyl (C=O) groups is 3. The first kappa shape index (κ1) is 20.8. The lowest BCUT2D eigenvalue weighted by Gasteiger charge is -2.08. The molecule has 3 aromatic rings. The first-order valence-electron chi connectivity index (χ1n) is 9.49. The van der Waals surface area contributed by atoms with E-state index in [1.165, 1.54) is 0 Å². The maximum Gasteiger partial charge on any atom is 0.255 e. The molecule has 0 heterocycles. The zero-order valence-corrected chi connectivity index (χ0v) is 16.6. The van der Waals surface area contributed by atoms with Gasteiger partial charge in [-0.1, -0.05) is 30.3 Å². The number of anilines is 2. The lowest BCUT2D eigenvalue weighted by atomic mass is 10.1. The molecule has 0 aliphatic rings. The Hall–Kier alpha value is -3.93. The van der Waals surface area contributed by atoms with Crippen molar-refractivity contribution in [3.63, 3.8) is 0 Å². The molecule has 30 heavy (non-hydrogen) atoms. The smallest absolute Gasteiger partial charge is 0.255 e. The molecule has 2 amide bonds. The standard InChI is InChI=1S/C24H22N2O4/c1-30-21-13-11-20(12-14-21)26-24(29)18-7-9-19(10-8-18)25-23(28)16-15-22(27)17-5-3-2-4-6-17/h2-14H,15-16H2,1H3,(H,25,28)(H,26,29). The van der Waals surface area contributed by atoms with Gasteiger partial charge in [0.15, 0.2) is 5.78 Å². The fourth-order valence-electron chi connectivity index (χ4n) is 2.80. The molecule has 0 aliphatic heterocycles. The van der Waals surface area contributed by atoms with E-state index in [2.05, 4.69) is 10.6 Å². The number of amides is 2. The Bertz CT molecular complexity index is 1010. The average molecular weight is 402 g/mol. The molecule has 2 N–H and O–H groups in total. The molecule has 0 saturated heterocycles. The highest BCUT2D eigenvalue weighted by Gasteiger charge is 2.10. The number of ketones is 1. The fraction of sp³-hybridized carbons (Fsp3) is 0.125. The van der Waals surface area contributed by atoms with E-state index in [-0.39, 0.29) is 30.4 Å². The van der Waals surface area contributed by atoms with Crippen molar-refractivity contribution < 1.29 is 19.1 Å². The van der Waals surface area contributed by atoms with Crippen LogP contribution in [0.3, 0.4) is 0 Å². The maximum atomic E-state index is 12.3. The van der Waals surface area contributed by atoms with Gasteiger partial charge in [-0.05, 0) is 48.5 Å². The zero-order valence-electron chi connectivity index (χ0n) is 16.6. The molecule has 0 unspecified atom stereocenters. The van der Waals surface area contributed by atoms with Crippen LogP contribution in [0.2, 0.25) is 0 Å².